The van der Waals surface area contributed by atoms with E-state index in [1.807, 2.05) is 0 Å². The van der Waals surface area contributed by atoms with Crippen molar-refractivity contribution in [3.05, 3.63) is 11.7 Å². The van der Waals surface area contributed by atoms with E-state index in [1.54, 1.807) is 0 Å². The highest BCUT2D eigenvalue weighted by Crippen LogP contribution is 2.28. The Kier molecular flexibility index (Phi) is 3.35. The molecule has 5 heteroatoms. The van der Waals surface area contributed by atoms with Crippen LogP contribution in [0.15, 0.2) is 4.52 Å². The molecular weight excluding hydrogens is 230 g/mol. The van der Waals surface area contributed by atoms with E-state index < -0.39 is 0 Å². The van der Waals surface area contributed by atoms with Crippen molar-refractivity contribution in [1.29, 1.82) is 0 Å². The van der Waals surface area contributed by atoms with E-state index in [2.05, 4.69) is 22.4 Å². The van der Waals surface area contributed by atoms with Crippen molar-refractivity contribution in [3.8, 4) is 0 Å². The molecule has 1 aromatic rings. The molecule has 0 aliphatic carbocycles. The van der Waals surface area contributed by atoms with Crippen LogP contribution in [0.1, 0.15) is 44.3 Å². The average molecular weight is 251 g/mol. The number of ether oxygens (including phenoxy) is 1. The summed E-state index contributed by atoms with van der Waals surface area (Å²) in [5.41, 5.74) is 0.0126. The Morgan fingerprint density at radius 1 is 1.44 bits per heavy atom. The summed E-state index contributed by atoms with van der Waals surface area (Å²) < 4.78 is 11.1. The van der Waals surface area contributed by atoms with Crippen molar-refractivity contribution in [2.45, 2.75) is 50.5 Å². The molecule has 0 bridgehead atoms. The van der Waals surface area contributed by atoms with Crippen LogP contribution in [0, 0.1) is 0 Å². The fourth-order valence-electron chi connectivity index (χ4n) is 2.75. The molecule has 1 N–H and O–H groups in total. The summed E-state index contributed by atoms with van der Waals surface area (Å²) in [4.78, 5) is 4.56. The third kappa shape index (κ3) is 2.42. The molecule has 2 aliphatic rings. The number of nitrogens with zero attached hydrogens (tertiary/aromatic N) is 2. The molecule has 2 unspecified atom stereocenters. The third-order valence-corrected chi connectivity index (χ3v) is 4.04. The lowest BCUT2D eigenvalue weighted by Gasteiger charge is -2.21. The van der Waals surface area contributed by atoms with Gasteiger partial charge < -0.3 is 14.6 Å². The average Bonchev–Trinajstić information content (AvgIpc) is 3.01. The fourth-order valence-corrected chi connectivity index (χ4v) is 2.75. The largest absolute Gasteiger partial charge is 0.378 e. The zero-order chi connectivity index (χ0) is 12.4. The molecule has 2 fully saturated rings. The summed E-state index contributed by atoms with van der Waals surface area (Å²) >= 11 is 0. The van der Waals surface area contributed by atoms with E-state index in [0.29, 0.717) is 0 Å². The van der Waals surface area contributed by atoms with Gasteiger partial charge in [-0.25, -0.2) is 0 Å². The Morgan fingerprint density at radius 2 is 2.39 bits per heavy atom. The van der Waals surface area contributed by atoms with Crippen LogP contribution in [-0.2, 0) is 16.6 Å². The van der Waals surface area contributed by atoms with Gasteiger partial charge in [0.2, 0.25) is 5.89 Å². The van der Waals surface area contributed by atoms with Crippen molar-refractivity contribution >= 4 is 0 Å². The standard InChI is InChI=1S/C13H21N3O2/c1-13(5-6-14-9-13)12-15-11(16-18-12)8-10-4-2-3-7-17-10/h10,14H,2-9H2,1H3. The molecule has 0 spiro atoms. The van der Waals surface area contributed by atoms with E-state index in [1.165, 1.54) is 12.8 Å². The van der Waals surface area contributed by atoms with E-state index in [9.17, 15) is 0 Å². The van der Waals surface area contributed by atoms with Gasteiger partial charge in [-0.05, 0) is 39.2 Å². The van der Waals surface area contributed by atoms with Crippen LogP contribution in [0.4, 0.5) is 0 Å². The molecule has 5 nitrogen and oxygen atoms in total. The summed E-state index contributed by atoms with van der Waals surface area (Å²) in [6.07, 6.45) is 5.66. The van der Waals surface area contributed by atoms with E-state index in [4.69, 9.17) is 9.26 Å². The highest BCUT2D eigenvalue weighted by molar-refractivity contribution is 5.08. The van der Waals surface area contributed by atoms with Crippen molar-refractivity contribution in [2.75, 3.05) is 19.7 Å². The second-order valence-corrected chi connectivity index (χ2v) is 5.70. The molecular formula is C13H21N3O2. The molecule has 1 aromatic heterocycles. The van der Waals surface area contributed by atoms with Gasteiger partial charge >= 0.3 is 0 Å². The Labute approximate surface area is 107 Å². The first-order valence-corrected chi connectivity index (χ1v) is 6.92. The normalized spacial score (nSPS) is 32.8. The van der Waals surface area contributed by atoms with Crippen LogP contribution < -0.4 is 5.32 Å². The first-order chi connectivity index (χ1) is 8.76. The maximum atomic E-state index is 5.71. The van der Waals surface area contributed by atoms with Crippen LogP contribution >= 0.6 is 0 Å². The molecule has 2 atom stereocenters. The van der Waals surface area contributed by atoms with Gasteiger partial charge in [0.25, 0.3) is 0 Å². The molecule has 0 radical (unpaired) electrons. The predicted octanol–water partition coefficient (Wildman–Crippen LogP) is 1.43. The Morgan fingerprint density at radius 3 is 3.11 bits per heavy atom. The summed E-state index contributed by atoms with van der Waals surface area (Å²) in [6, 6.07) is 0. The quantitative estimate of drug-likeness (QED) is 0.880. The summed E-state index contributed by atoms with van der Waals surface area (Å²) in [5.74, 6) is 1.57. The molecule has 0 saturated carbocycles. The molecule has 2 aliphatic heterocycles. The lowest BCUT2D eigenvalue weighted by Crippen LogP contribution is -2.25. The zero-order valence-corrected chi connectivity index (χ0v) is 10.9. The van der Waals surface area contributed by atoms with Gasteiger partial charge in [-0.15, -0.1) is 0 Å². The van der Waals surface area contributed by atoms with E-state index in [-0.39, 0.29) is 11.5 Å². The summed E-state index contributed by atoms with van der Waals surface area (Å²) in [5, 5.41) is 7.46. The van der Waals surface area contributed by atoms with Gasteiger partial charge in [0.1, 0.15) is 0 Å². The topological polar surface area (TPSA) is 60.2 Å². The van der Waals surface area contributed by atoms with Gasteiger partial charge in [-0.1, -0.05) is 5.16 Å². The number of hydrogen-bond acceptors (Lipinski definition) is 5. The molecule has 3 rings (SSSR count). The van der Waals surface area contributed by atoms with Crippen LogP contribution in [0.5, 0.6) is 0 Å². The number of nitrogens with one attached hydrogen (secondary N) is 1. The number of rotatable bonds is 3. The Balaban J connectivity index is 1.65. The fraction of sp³-hybridized carbons (Fsp3) is 0.846. The van der Waals surface area contributed by atoms with Crippen molar-refractivity contribution < 1.29 is 9.26 Å². The minimum atomic E-state index is 0.0126. The summed E-state index contributed by atoms with van der Waals surface area (Å²) in [7, 11) is 0. The van der Waals surface area contributed by atoms with Crippen LogP contribution in [0.3, 0.4) is 0 Å². The second-order valence-electron chi connectivity index (χ2n) is 5.70. The smallest absolute Gasteiger partial charge is 0.233 e. The van der Waals surface area contributed by atoms with Crippen LogP contribution in [0.2, 0.25) is 0 Å². The number of aromatic nitrogens is 2. The van der Waals surface area contributed by atoms with Gasteiger partial charge in [-0.3, -0.25) is 0 Å². The maximum absolute atomic E-state index is 5.71. The van der Waals surface area contributed by atoms with Crippen LogP contribution in [0.25, 0.3) is 0 Å². The monoisotopic (exact) mass is 251 g/mol. The Bertz CT molecular complexity index is 393. The van der Waals surface area contributed by atoms with Crippen molar-refractivity contribution in [2.24, 2.45) is 0 Å². The molecule has 0 amide bonds. The molecule has 100 valence electrons. The number of hydrogen-bond donors (Lipinski definition) is 1. The minimum absolute atomic E-state index is 0.0126. The first-order valence-electron chi connectivity index (χ1n) is 6.92. The minimum Gasteiger partial charge on any atom is -0.378 e. The Hall–Kier alpha value is -0.940. The zero-order valence-electron chi connectivity index (χ0n) is 10.9. The highest BCUT2D eigenvalue weighted by Gasteiger charge is 2.36. The molecule has 0 aromatic carbocycles. The molecule has 2 saturated heterocycles. The molecule has 3 heterocycles. The van der Waals surface area contributed by atoms with Crippen molar-refractivity contribution in [1.82, 2.24) is 15.5 Å². The van der Waals surface area contributed by atoms with Crippen LogP contribution in [-0.4, -0.2) is 35.9 Å². The van der Waals surface area contributed by atoms with E-state index in [0.717, 1.165) is 50.7 Å². The lowest BCUT2D eigenvalue weighted by atomic mass is 9.90. The lowest BCUT2D eigenvalue weighted by molar-refractivity contribution is 0.0153. The predicted molar refractivity (Wildman–Crippen MR) is 66.4 cm³/mol. The second kappa shape index (κ2) is 4.97. The van der Waals surface area contributed by atoms with Gasteiger partial charge in [0.15, 0.2) is 5.82 Å². The van der Waals surface area contributed by atoms with Crippen molar-refractivity contribution in [3.63, 3.8) is 0 Å². The first kappa shape index (κ1) is 12.1. The third-order valence-electron chi connectivity index (χ3n) is 4.04. The maximum Gasteiger partial charge on any atom is 0.233 e. The van der Waals surface area contributed by atoms with Gasteiger partial charge in [0.05, 0.1) is 11.5 Å². The van der Waals surface area contributed by atoms with Gasteiger partial charge in [-0.2, -0.15) is 4.98 Å². The summed E-state index contributed by atoms with van der Waals surface area (Å²) in [6.45, 7) is 5.01. The van der Waals surface area contributed by atoms with E-state index >= 15 is 0 Å². The van der Waals surface area contributed by atoms with Gasteiger partial charge in [0, 0.05) is 19.6 Å². The molecule has 18 heavy (non-hydrogen) atoms. The highest BCUT2D eigenvalue weighted by atomic mass is 16.5. The SMILES string of the molecule is CC1(c2nc(CC3CCCCO3)no2)CCNC1.